The summed E-state index contributed by atoms with van der Waals surface area (Å²) < 4.78 is 14.1. The van der Waals surface area contributed by atoms with Crippen LogP contribution in [0.25, 0.3) is 0 Å². The molecule has 2 N–H and O–H groups in total. The van der Waals surface area contributed by atoms with Gasteiger partial charge in [0.05, 0.1) is 5.02 Å². The predicted octanol–water partition coefficient (Wildman–Crippen LogP) is 4.25. The fourth-order valence-corrected chi connectivity index (χ4v) is 2.31. The first-order chi connectivity index (χ1) is 8.99. The molecule has 2 aromatic carbocycles. The lowest BCUT2D eigenvalue weighted by Gasteiger charge is -2.07. The molecule has 0 heterocycles. The molecule has 0 radical (unpaired) electrons. The second kappa shape index (κ2) is 5.72. The molecule has 0 aliphatic heterocycles. The Bertz CT molecular complexity index is 645. The molecule has 0 saturated carbocycles. The van der Waals surface area contributed by atoms with Crippen LogP contribution in [0.15, 0.2) is 40.9 Å². The average molecular weight is 343 g/mol. The van der Waals surface area contributed by atoms with Gasteiger partial charge in [-0.15, -0.1) is 0 Å². The monoisotopic (exact) mass is 341 g/mol. The van der Waals surface area contributed by atoms with Gasteiger partial charge in [0.25, 0.3) is 0 Å². The van der Waals surface area contributed by atoms with Crippen molar-refractivity contribution in [1.82, 2.24) is 0 Å². The standard InChI is InChI=1S/C14H10BrClFNO/c15-9-4-5-10(12(18)7-9)13(19)6-8-2-1-3-11(17)14(8)16/h1-5,7H,6,18H2. The van der Waals surface area contributed by atoms with Crippen LogP contribution < -0.4 is 5.73 Å². The van der Waals surface area contributed by atoms with E-state index in [0.29, 0.717) is 16.8 Å². The summed E-state index contributed by atoms with van der Waals surface area (Å²) in [4.78, 5) is 12.1. The molecule has 0 amide bonds. The largest absolute Gasteiger partial charge is 0.398 e. The van der Waals surface area contributed by atoms with Crippen molar-refractivity contribution in [3.05, 3.63) is 62.8 Å². The van der Waals surface area contributed by atoms with E-state index in [0.717, 1.165) is 4.47 Å². The molecule has 2 aromatic rings. The number of benzene rings is 2. The summed E-state index contributed by atoms with van der Waals surface area (Å²) in [6.07, 6.45) is 0.0163. The number of carbonyl (C=O) groups excluding carboxylic acids is 1. The minimum Gasteiger partial charge on any atom is -0.398 e. The number of hydrogen-bond donors (Lipinski definition) is 1. The Morgan fingerprint density at radius 3 is 2.74 bits per heavy atom. The fraction of sp³-hybridized carbons (Fsp3) is 0.0714. The van der Waals surface area contributed by atoms with Crippen molar-refractivity contribution in [3.8, 4) is 0 Å². The maximum absolute atomic E-state index is 13.3. The zero-order valence-electron chi connectivity index (χ0n) is 9.79. The smallest absolute Gasteiger partial charge is 0.169 e. The van der Waals surface area contributed by atoms with E-state index >= 15 is 0 Å². The molecular formula is C14H10BrClFNO. The third kappa shape index (κ3) is 3.14. The van der Waals surface area contributed by atoms with Crippen molar-refractivity contribution in [3.63, 3.8) is 0 Å². The third-order valence-electron chi connectivity index (χ3n) is 2.70. The molecule has 0 bridgehead atoms. The summed E-state index contributed by atoms with van der Waals surface area (Å²) in [6.45, 7) is 0. The molecule has 0 fully saturated rings. The van der Waals surface area contributed by atoms with Gasteiger partial charge in [-0.2, -0.15) is 0 Å². The van der Waals surface area contributed by atoms with Crippen molar-refractivity contribution in [2.75, 3.05) is 5.73 Å². The van der Waals surface area contributed by atoms with Crippen LogP contribution in [0, 0.1) is 5.82 Å². The first-order valence-electron chi connectivity index (χ1n) is 5.50. The average Bonchev–Trinajstić information content (AvgIpc) is 2.34. The predicted molar refractivity (Wildman–Crippen MR) is 78.0 cm³/mol. The van der Waals surface area contributed by atoms with Crippen molar-refractivity contribution < 1.29 is 9.18 Å². The Kier molecular flexibility index (Phi) is 4.22. The summed E-state index contributed by atoms with van der Waals surface area (Å²) in [5.41, 5.74) is 7.03. The molecule has 0 spiro atoms. The Morgan fingerprint density at radius 2 is 2.05 bits per heavy atom. The Balaban J connectivity index is 2.28. The molecule has 5 heteroatoms. The molecule has 0 aromatic heterocycles. The molecule has 2 nitrogen and oxygen atoms in total. The van der Waals surface area contributed by atoms with Crippen LogP contribution in [0.2, 0.25) is 5.02 Å². The number of rotatable bonds is 3. The first-order valence-corrected chi connectivity index (χ1v) is 6.67. The minimum atomic E-state index is -0.532. The van der Waals surface area contributed by atoms with Gasteiger partial charge < -0.3 is 5.73 Å². The maximum atomic E-state index is 13.3. The summed E-state index contributed by atoms with van der Waals surface area (Å²) in [5.74, 6) is -0.728. The molecule has 0 saturated heterocycles. The van der Waals surface area contributed by atoms with Crippen molar-refractivity contribution in [1.29, 1.82) is 0 Å². The zero-order chi connectivity index (χ0) is 14.0. The quantitative estimate of drug-likeness (QED) is 0.669. The van der Waals surface area contributed by atoms with E-state index in [4.69, 9.17) is 17.3 Å². The van der Waals surface area contributed by atoms with Gasteiger partial charge in [0.2, 0.25) is 0 Å². The van der Waals surface area contributed by atoms with E-state index in [1.54, 1.807) is 24.3 Å². The van der Waals surface area contributed by atoms with Crippen LogP contribution in [0.5, 0.6) is 0 Å². The third-order valence-corrected chi connectivity index (χ3v) is 3.61. The van der Waals surface area contributed by atoms with Crippen LogP contribution in [-0.4, -0.2) is 5.78 Å². The number of halogens is 3. The second-order valence-corrected chi connectivity index (χ2v) is 5.34. The van der Waals surface area contributed by atoms with Crippen molar-refractivity contribution in [2.45, 2.75) is 6.42 Å². The summed E-state index contributed by atoms with van der Waals surface area (Å²) in [6, 6.07) is 9.42. The number of hydrogen-bond acceptors (Lipinski definition) is 2. The van der Waals surface area contributed by atoms with Gasteiger partial charge in [-0.25, -0.2) is 4.39 Å². The highest BCUT2D eigenvalue weighted by Gasteiger charge is 2.14. The summed E-state index contributed by atoms with van der Waals surface area (Å²) in [7, 11) is 0. The van der Waals surface area contributed by atoms with Gasteiger partial charge in [0.15, 0.2) is 5.78 Å². The fourth-order valence-electron chi connectivity index (χ4n) is 1.74. The SMILES string of the molecule is Nc1cc(Br)ccc1C(=O)Cc1cccc(F)c1Cl. The van der Waals surface area contributed by atoms with Gasteiger partial charge in [0, 0.05) is 22.1 Å². The number of ketones is 1. The zero-order valence-corrected chi connectivity index (χ0v) is 12.1. The van der Waals surface area contributed by atoms with E-state index in [-0.39, 0.29) is 17.2 Å². The molecule has 19 heavy (non-hydrogen) atoms. The van der Waals surface area contributed by atoms with E-state index < -0.39 is 5.82 Å². The molecule has 98 valence electrons. The van der Waals surface area contributed by atoms with Crippen molar-refractivity contribution in [2.24, 2.45) is 0 Å². The van der Waals surface area contributed by atoms with E-state index in [9.17, 15) is 9.18 Å². The lowest BCUT2D eigenvalue weighted by molar-refractivity contribution is 0.0994. The second-order valence-electron chi connectivity index (χ2n) is 4.04. The van der Waals surface area contributed by atoms with Crippen LogP contribution in [0.4, 0.5) is 10.1 Å². The molecule has 0 unspecified atom stereocenters. The topological polar surface area (TPSA) is 43.1 Å². The first kappa shape index (κ1) is 14.0. The maximum Gasteiger partial charge on any atom is 0.169 e. The van der Waals surface area contributed by atoms with Gasteiger partial charge in [-0.05, 0) is 29.8 Å². The summed E-state index contributed by atoms with van der Waals surface area (Å²) >= 11 is 9.10. The lowest BCUT2D eigenvalue weighted by atomic mass is 10.0. The minimum absolute atomic E-state index is 0.0163. The molecule has 0 atom stereocenters. The highest BCUT2D eigenvalue weighted by atomic mass is 79.9. The highest BCUT2D eigenvalue weighted by Crippen LogP contribution is 2.24. The number of nitrogens with two attached hydrogens (primary N) is 1. The van der Waals surface area contributed by atoms with E-state index in [1.165, 1.54) is 12.1 Å². The van der Waals surface area contributed by atoms with Gasteiger partial charge in [0.1, 0.15) is 5.82 Å². The summed E-state index contributed by atoms with van der Waals surface area (Å²) in [5, 5.41) is -0.0217. The van der Waals surface area contributed by atoms with Gasteiger partial charge in [-0.3, -0.25) is 4.79 Å². The van der Waals surface area contributed by atoms with Gasteiger partial charge >= 0.3 is 0 Å². The Hall–Kier alpha value is -1.39. The number of nitrogen functional groups attached to an aromatic ring is 1. The molecule has 0 aliphatic carbocycles. The van der Waals surface area contributed by atoms with E-state index in [2.05, 4.69) is 15.9 Å². The Labute approximate surface area is 123 Å². The van der Waals surface area contributed by atoms with Crippen LogP contribution in [0.1, 0.15) is 15.9 Å². The molecule has 0 aliphatic rings. The number of carbonyl (C=O) groups is 1. The normalized spacial score (nSPS) is 10.5. The van der Waals surface area contributed by atoms with E-state index in [1.807, 2.05) is 0 Å². The van der Waals surface area contributed by atoms with Crippen molar-refractivity contribution >= 4 is 39.0 Å². The van der Waals surface area contributed by atoms with Crippen LogP contribution in [0.3, 0.4) is 0 Å². The number of Topliss-reactive ketones (excluding diaryl/α,β-unsaturated/α-hetero) is 1. The highest BCUT2D eigenvalue weighted by molar-refractivity contribution is 9.10. The molecular weight excluding hydrogens is 333 g/mol. The van der Waals surface area contributed by atoms with Crippen LogP contribution in [-0.2, 0) is 6.42 Å². The molecule has 2 rings (SSSR count). The lowest BCUT2D eigenvalue weighted by Crippen LogP contribution is -2.07. The van der Waals surface area contributed by atoms with Crippen LogP contribution >= 0.6 is 27.5 Å². The number of anilines is 1. The van der Waals surface area contributed by atoms with Gasteiger partial charge in [-0.1, -0.05) is 39.7 Å². The Morgan fingerprint density at radius 1 is 1.32 bits per heavy atom.